The van der Waals surface area contributed by atoms with Gasteiger partial charge in [-0.3, -0.25) is 29.8 Å². The molecule has 0 saturated carbocycles. The maximum Gasteiger partial charge on any atom is 0.324 e. The Kier molecular flexibility index (Phi) is 7.95. The first kappa shape index (κ1) is 23.1. The lowest BCUT2D eigenvalue weighted by molar-refractivity contribution is -0.147. The van der Waals surface area contributed by atoms with E-state index in [9.17, 15) is 24.3 Å². The molecule has 0 bridgehead atoms. The second-order valence-corrected chi connectivity index (χ2v) is 8.52. The van der Waals surface area contributed by atoms with E-state index in [4.69, 9.17) is 5.11 Å². The van der Waals surface area contributed by atoms with Gasteiger partial charge in [0.25, 0.3) is 0 Å². The van der Waals surface area contributed by atoms with Crippen LogP contribution in [-0.4, -0.2) is 62.5 Å². The molecule has 9 heteroatoms. The van der Waals surface area contributed by atoms with Crippen molar-refractivity contribution in [3.63, 3.8) is 0 Å². The number of nitrogens with one attached hydrogen (secondary N) is 2. The highest BCUT2D eigenvalue weighted by Crippen LogP contribution is 2.22. The zero-order valence-electron chi connectivity index (χ0n) is 16.4. The monoisotopic (exact) mass is 422 g/mol. The topological polar surface area (TPSA) is 133 Å². The van der Waals surface area contributed by atoms with Crippen molar-refractivity contribution < 1.29 is 29.4 Å². The summed E-state index contributed by atoms with van der Waals surface area (Å²) in [5.74, 6) is -2.56. The minimum absolute atomic E-state index is 0.206. The number of rotatable bonds is 11. The molecule has 2 rings (SSSR count). The van der Waals surface area contributed by atoms with Gasteiger partial charge in [-0.2, -0.15) is 0 Å². The molecule has 0 radical (unpaired) electrons. The molecule has 4 atom stereocenters. The quantitative estimate of drug-likeness (QED) is 0.413. The highest BCUT2D eigenvalue weighted by Gasteiger charge is 2.41. The fourth-order valence-electron chi connectivity index (χ4n) is 3.15. The SMILES string of the molecule is C[C@H](NC(C)(CC(=O)CCc1ccccc1)C(=O)O)C(=O)C1NC(C(=O)O)CS1. The largest absolute Gasteiger partial charge is 0.480 e. The number of benzene rings is 1. The average molecular weight is 423 g/mol. The van der Waals surface area contributed by atoms with Gasteiger partial charge in [0.15, 0.2) is 5.78 Å². The maximum absolute atomic E-state index is 12.6. The first-order chi connectivity index (χ1) is 13.6. The summed E-state index contributed by atoms with van der Waals surface area (Å²) in [6.07, 6.45) is 0.468. The molecule has 1 fully saturated rings. The van der Waals surface area contributed by atoms with Crippen molar-refractivity contribution in [3.05, 3.63) is 35.9 Å². The molecule has 1 heterocycles. The first-order valence-corrected chi connectivity index (χ1v) is 10.4. The highest BCUT2D eigenvalue weighted by molar-refractivity contribution is 8.00. The van der Waals surface area contributed by atoms with Crippen LogP contribution in [0.15, 0.2) is 30.3 Å². The fourth-order valence-corrected chi connectivity index (χ4v) is 4.41. The third-order valence-electron chi connectivity index (χ3n) is 4.86. The number of Topliss-reactive ketones (excluding diaryl/α,β-unsaturated/α-hetero) is 2. The zero-order valence-corrected chi connectivity index (χ0v) is 17.2. The summed E-state index contributed by atoms with van der Waals surface area (Å²) in [4.78, 5) is 47.8. The lowest BCUT2D eigenvalue weighted by Gasteiger charge is -2.30. The van der Waals surface area contributed by atoms with Gasteiger partial charge < -0.3 is 10.2 Å². The van der Waals surface area contributed by atoms with Crippen LogP contribution in [0.2, 0.25) is 0 Å². The highest BCUT2D eigenvalue weighted by atomic mass is 32.2. The van der Waals surface area contributed by atoms with Crippen molar-refractivity contribution in [3.8, 4) is 0 Å². The van der Waals surface area contributed by atoms with Crippen LogP contribution in [0, 0.1) is 0 Å². The summed E-state index contributed by atoms with van der Waals surface area (Å²) < 4.78 is 0. The lowest BCUT2D eigenvalue weighted by atomic mass is 9.91. The average Bonchev–Trinajstić information content (AvgIpc) is 3.17. The van der Waals surface area contributed by atoms with E-state index >= 15 is 0 Å². The first-order valence-electron chi connectivity index (χ1n) is 9.33. The number of carbonyl (C=O) groups is 4. The van der Waals surface area contributed by atoms with Crippen LogP contribution in [0.4, 0.5) is 0 Å². The minimum atomic E-state index is -1.60. The Morgan fingerprint density at radius 2 is 1.90 bits per heavy atom. The van der Waals surface area contributed by atoms with E-state index in [1.54, 1.807) is 0 Å². The molecule has 1 saturated heterocycles. The zero-order chi connectivity index (χ0) is 21.6. The Bertz CT molecular complexity index is 771. The molecular weight excluding hydrogens is 396 g/mol. The summed E-state index contributed by atoms with van der Waals surface area (Å²) in [5, 5.41) is 23.4. The molecule has 1 aromatic rings. The Morgan fingerprint density at radius 3 is 2.45 bits per heavy atom. The fraction of sp³-hybridized carbons (Fsp3) is 0.500. The molecule has 0 aromatic heterocycles. The Hall–Kier alpha value is -2.23. The molecule has 1 aliphatic heterocycles. The van der Waals surface area contributed by atoms with Crippen LogP contribution in [0.3, 0.4) is 0 Å². The number of thioether (sulfide) groups is 1. The molecule has 1 aromatic carbocycles. The van der Waals surface area contributed by atoms with E-state index in [1.807, 2.05) is 30.3 Å². The number of aryl methyl sites for hydroxylation is 1. The van der Waals surface area contributed by atoms with Crippen LogP contribution in [0.25, 0.3) is 0 Å². The molecule has 29 heavy (non-hydrogen) atoms. The van der Waals surface area contributed by atoms with Gasteiger partial charge in [0.2, 0.25) is 0 Å². The van der Waals surface area contributed by atoms with Gasteiger partial charge in [0.05, 0.1) is 6.04 Å². The standard InChI is InChI=1S/C20H26N2O6S/c1-12(16(24)17-21-15(11-29-17)18(25)26)22-20(2,19(27)28)10-14(23)9-8-13-6-4-3-5-7-13/h3-7,12,15,17,21-22H,8-11H2,1-2H3,(H,25,26)(H,27,28)/t12-,15?,17?,20?/m0/s1. The van der Waals surface area contributed by atoms with E-state index in [-0.39, 0.29) is 30.2 Å². The van der Waals surface area contributed by atoms with Crippen molar-refractivity contribution in [2.75, 3.05) is 5.75 Å². The number of carbonyl (C=O) groups excluding carboxylic acids is 2. The third-order valence-corrected chi connectivity index (χ3v) is 6.09. The number of carboxylic acids is 2. The predicted molar refractivity (Wildman–Crippen MR) is 109 cm³/mol. The molecule has 8 nitrogen and oxygen atoms in total. The van der Waals surface area contributed by atoms with Gasteiger partial charge in [0.1, 0.15) is 22.7 Å². The van der Waals surface area contributed by atoms with Gasteiger partial charge in [0, 0.05) is 18.6 Å². The third kappa shape index (κ3) is 6.38. The van der Waals surface area contributed by atoms with Gasteiger partial charge in [-0.25, -0.2) is 0 Å². The minimum Gasteiger partial charge on any atom is -0.480 e. The Labute approximate surface area is 173 Å². The van der Waals surface area contributed by atoms with Crippen LogP contribution < -0.4 is 10.6 Å². The van der Waals surface area contributed by atoms with Gasteiger partial charge in [-0.1, -0.05) is 30.3 Å². The van der Waals surface area contributed by atoms with E-state index in [0.717, 1.165) is 5.56 Å². The molecule has 0 spiro atoms. The summed E-state index contributed by atoms with van der Waals surface area (Å²) in [6.45, 7) is 2.91. The number of hydrogen-bond donors (Lipinski definition) is 4. The molecule has 1 aliphatic rings. The van der Waals surface area contributed by atoms with Gasteiger partial charge >= 0.3 is 11.9 Å². The maximum atomic E-state index is 12.6. The molecule has 4 N–H and O–H groups in total. The number of hydrogen-bond acceptors (Lipinski definition) is 7. The van der Waals surface area contributed by atoms with Crippen molar-refractivity contribution in [2.45, 2.75) is 56.1 Å². The van der Waals surface area contributed by atoms with Gasteiger partial charge in [-0.15, -0.1) is 11.8 Å². The second-order valence-electron chi connectivity index (χ2n) is 7.38. The molecule has 158 valence electrons. The molecular formula is C20H26N2O6S. The van der Waals surface area contributed by atoms with Crippen LogP contribution >= 0.6 is 11.8 Å². The predicted octanol–water partition coefficient (Wildman–Crippen LogP) is 1.08. The molecule has 0 aliphatic carbocycles. The summed E-state index contributed by atoms with van der Waals surface area (Å²) in [5.41, 5.74) is -0.607. The van der Waals surface area contributed by atoms with Crippen molar-refractivity contribution >= 4 is 35.3 Å². The molecule has 0 amide bonds. The smallest absolute Gasteiger partial charge is 0.324 e. The van der Waals surface area contributed by atoms with E-state index in [0.29, 0.717) is 6.42 Å². The Morgan fingerprint density at radius 1 is 1.24 bits per heavy atom. The summed E-state index contributed by atoms with van der Waals surface area (Å²) in [7, 11) is 0. The lowest BCUT2D eigenvalue weighted by Crippen LogP contribution is -2.58. The van der Waals surface area contributed by atoms with E-state index < -0.39 is 34.9 Å². The second kappa shape index (κ2) is 10.00. The van der Waals surface area contributed by atoms with Gasteiger partial charge in [-0.05, 0) is 25.8 Å². The van der Waals surface area contributed by atoms with Crippen LogP contribution in [-0.2, 0) is 25.6 Å². The summed E-state index contributed by atoms with van der Waals surface area (Å²) >= 11 is 1.17. The van der Waals surface area contributed by atoms with Crippen molar-refractivity contribution in [2.24, 2.45) is 0 Å². The molecule has 3 unspecified atom stereocenters. The number of aliphatic carboxylic acids is 2. The summed E-state index contributed by atoms with van der Waals surface area (Å²) in [6, 6.07) is 7.76. The van der Waals surface area contributed by atoms with Crippen molar-refractivity contribution in [1.82, 2.24) is 10.6 Å². The van der Waals surface area contributed by atoms with Crippen molar-refractivity contribution in [1.29, 1.82) is 0 Å². The normalized spacial score (nSPS) is 21.9. The number of ketones is 2. The Balaban J connectivity index is 1.94. The van der Waals surface area contributed by atoms with Crippen LogP contribution in [0.5, 0.6) is 0 Å². The number of carboxylic acid groups (broad SMARTS) is 2. The van der Waals surface area contributed by atoms with E-state index in [2.05, 4.69) is 10.6 Å². The van der Waals surface area contributed by atoms with E-state index in [1.165, 1.54) is 25.6 Å². The van der Waals surface area contributed by atoms with Crippen LogP contribution in [0.1, 0.15) is 32.3 Å².